The summed E-state index contributed by atoms with van der Waals surface area (Å²) in [7, 11) is 0. The monoisotopic (exact) mass is 238 g/mol. The first-order valence-electron chi connectivity index (χ1n) is 7.17. The third-order valence-corrected chi connectivity index (χ3v) is 3.88. The van der Waals surface area contributed by atoms with E-state index in [-0.39, 0.29) is 0 Å². The van der Waals surface area contributed by atoms with Crippen LogP contribution >= 0.6 is 0 Å². The molecule has 3 nitrogen and oxygen atoms in total. The SMILES string of the molecule is CC(C)CCN(C(=O)CC1CCNC1)C1CC1. The van der Waals surface area contributed by atoms with Crippen LogP contribution < -0.4 is 5.32 Å². The maximum atomic E-state index is 12.3. The lowest BCUT2D eigenvalue weighted by Crippen LogP contribution is -2.35. The summed E-state index contributed by atoms with van der Waals surface area (Å²) in [6.07, 6.45) is 5.54. The number of carbonyl (C=O) groups excluding carboxylic acids is 1. The summed E-state index contributed by atoms with van der Waals surface area (Å²) in [5, 5.41) is 3.34. The number of rotatable bonds is 6. The molecule has 0 aromatic heterocycles. The second kappa shape index (κ2) is 5.85. The van der Waals surface area contributed by atoms with Gasteiger partial charge in [-0.3, -0.25) is 4.79 Å². The zero-order valence-corrected chi connectivity index (χ0v) is 11.2. The average Bonchev–Trinajstić information content (AvgIpc) is 2.97. The molecule has 3 heteroatoms. The van der Waals surface area contributed by atoms with E-state index in [1.165, 1.54) is 19.3 Å². The molecule has 1 N–H and O–H groups in total. The maximum absolute atomic E-state index is 12.3. The van der Waals surface area contributed by atoms with Gasteiger partial charge in [0.15, 0.2) is 0 Å². The number of amides is 1. The zero-order chi connectivity index (χ0) is 12.3. The van der Waals surface area contributed by atoms with Crippen molar-refractivity contribution in [3.8, 4) is 0 Å². The summed E-state index contributed by atoms with van der Waals surface area (Å²) in [4.78, 5) is 14.5. The third-order valence-electron chi connectivity index (χ3n) is 3.88. The normalized spacial score (nSPS) is 24.3. The summed E-state index contributed by atoms with van der Waals surface area (Å²) in [5.41, 5.74) is 0. The summed E-state index contributed by atoms with van der Waals surface area (Å²) in [6, 6.07) is 0.579. The second-order valence-electron chi connectivity index (χ2n) is 6.06. The van der Waals surface area contributed by atoms with Crippen molar-refractivity contribution in [2.24, 2.45) is 11.8 Å². The summed E-state index contributed by atoms with van der Waals surface area (Å²) < 4.78 is 0. The van der Waals surface area contributed by atoms with Crippen LogP contribution in [0.15, 0.2) is 0 Å². The average molecular weight is 238 g/mol. The molecule has 1 aliphatic heterocycles. The van der Waals surface area contributed by atoms with Crippen LogP contribution in [0, 0.1) is 11.8 Å². The lowest BCUT2D eigenvalue weighted by molar-refractivity contribution is -0.132. The fraction of sp³-hybridized carbons (Fsp3) is 0.929. The molecular formula is C14H26N2O. The Morgan fingerprint density at radius 2 is 2.12 bits per heavy atom. The highest BCUT2D eigenvalue weighted by atomic mass is 16.2. The van der Waals surface area contributed by atoms with Gasteiger partial charge in [-0.15, -0.1) is 0 Å². The molecule has 0 aromatic carbocycles. The van der Waals surface area contributed by atoms with Crippen LogP contribution in [0.25, 0.3) is 0 Å². The lowest BCUT2D eigenvalue weighted by Gasteiger charge is -2.24. The number of carbonyl (C=O) groups is 1. The van der Waals surface area contributed by atoms with Gasteiger partial charge in [0.2, 0.25) is 5.91 Å². The Bertz CT molecular complexity index is 255. The molecule has 2 aliphatic rings. The van der Waals surface area contributed by atoms with Crippen LogP contribution in [0.2, 0.25) is 0 Å². The van der Waals surface area contributed by atoms with Gasteiger partial charge in [0.05, 0.1) is 0 Å². The Kier molecular flexibility index (Phi) is 4.43. The van der Waals surface area contributed by atoms with Crippen molar-refractivity contribution in [2.45, 2.75) is 52.0 Å². The summed E-state index contributed by atoms with van der Waals surface area (Å²) >= 11 is 0. The van der Waals surface area contributed by atoms with Gasteiger partial charge in [-0.1, -0.05) is 13.8 Å². The molecule has 1 unspecified atom stereocenters. The van der Waals surface area contributed by atoms with E-state index in [1.807, 2.05) is 0 Å². The number of hydrogen-bond acceptors (Lipinski definition) is 2. The minimum atomic E-state index is 0.404. The molecule has 1 aliphatic carbocycles. The van der Waals surface area contributed by atoms with Crippen molar-refractivity contribution < 1.29 is 4.79 Å². The van der Waals surface area contributed by atoms with Gasteiger partial charge in [-0.2, -0.15) is 0 Å². The van der Waals surface area contributed by atoms with Gasteiger partial charge in [-0.05, 0) is 50.6 Å². The van der Waals surface area contributed by atoms with Gasteiger partial charge in [-0.25, -0.2) is 0 Å². The molecule has 1 saturated heterocycles. The molecule has 0 spiro atoms. The molecule has 98 valence electrons. The molecule has 17 heavy (non-hydrogen) atoms. The summed E-state index contributed by atoms with van der Waals surface area (Å²) in [5.74, 6) is 1.68. The van der Waals surface area contributed by atoms with Crippen LogP contribution in [0.5, 0.6) is 0 Å². The number of nitrogens with zero attached hydrogens (tertiary/aromatic N) is 1. The van der Waals surface area contributed by atoms with Gasteiger partial charge >= 0.3 is 0 Å². The maximum Gasteiger partial charge on any atom is 0.223 e. The largest absolute Gasteiger partial charge is 0.340 e. The number of hydrogen-bond donors (Lipinski definition) is 1. The molecule has 1 heterocycles. The van der Waals surface area contributed by atoms with E-state index in [4.69, 9.17) is 0 Å². The Labute approximate surface area is 105 Å². The van der Waals surface area contributed by atoms with Crippen molar-refractivity contribution in [1.82, 2.24) is 10.2 Å². The quantitative estimate of drug-likeness (QED) is 0.768. The molecular weight excluding hydrogens is 212 g/mol. The van der Waals surface area contributed by atoms with Gasteiger partial charge in [0.1, 0.15) is 0 Å². The Morgan fingerprint density at radius 1 is 1.35 bits per heavy atom. The van der Waals surface area contributed by atoms with Gasteiger partial charge in [0.25, 0.3) is 0 Å². The van der Waals surface area contributed by atoms with Gasteiger partial charge < -0.3 is 10.2 Å². The Morgan fingerprint density at radius 3 is 2.65 bits per heavy atom. The summed E-state index contributed by atoms with van der Waals surface area (Å²) in [6.45, 7) is 7.57. The molecule has 2 rings (SSSR count). The standard InChI is InChI=1S/C14H26N2O/c1-11(2)6-8-16(13-3-4-13)14(17)9-12-5-7-15-10-12/h11-13,15H,3-10H2,1-2H3. The topological polar surface area (TPSA) is 32.3 Å². The predicted molar refractivity (Wildman–Crippen MR) is 69.8 cm³/mol. The smallest absolute Gasteiger partial charge is 0.223 e. The number of nitrogens with one attached hydrogen (secondary N) is 1. The highest BCUT2D eigenvalue weighted by Gasteiger charge is 2.33. The van der Waals surface area contributed by atoms with Crippen LogP contribution in [-0.4, -0.2) is 36.5 Å². The fourth-order valence-corrected chi connectivity index (χ4v) is 2.55. The predicted octanol–water partition coefficient (Wildman–Crippen LogP) is 2.02. The first-order chi connectivity index (χ1) is 8.16. The van der Waals surface area contributed by atoms with Crippen molar-refractivity contribution in [2.75, 3.05) is 19.6 Å². The minimum Gasteiger partial charge on any atom is -0.340 e. The minimum absolute atomic E-state index is 0.404. The first-order valence-corrected chi connectivity index (χ1v) is 7.17. The molecule has 0 aromatic rings. The van der Waals surface area contributed by atoms with Crippen LogP contribution in [0.1, 0.15) is 46.0 Å². The van der Waals surface area contributed by atoms with E-state index in [0.717, 1.165) is 32.5 Å². The Balaban J connectivity index is 1.79. The molecule has 2 fully saturated rings. The van der Waals surface area contributed by atoms with E-state index in [1.54, 1.807) is 0 Å². The first kappa shape index (κ1) is 12.9. The van der Waals surface area contributed by atoms with Gasteiger partial charge in [0, 0.05) is 19.0 Å². The van der Waals surface area contributed by atoms with Crippen LogP contribution in [0.3, 0.4) is 0 Å². The van der Waals surface area contributed by atoms with E-state index >= 15 is 0 Å². The molecule has 0 radical (unpaired) electrons. The molecule has 0 bridgehead atoms. The molecule has 1 saturated carbocycles. The van der Waals surface area contributed by atoms with E-state index in [2.05, 4.69) is 24.1 Å². The van der Waals surface area contributed by atoms with Crippen molar-refractivity contribution in [3.05, 3.63) is 0 Å². The highest BCUT2D eigenvalue weighted by Crippen LogP contribution is 2.29. The van der Waals surface area contributed by atoms with Crippen molar-refractivity contribution in [3.63, 3.8) is 0 Å². The molecule has 1 amide bonds. The molecule has 1 atom stereocenters. The second-order valence-corrected chi connectivity index (χ2v) is 6.06. The third kappa shape index (κ3) is 3.98. The van der Waals surface area contributed by atoms with Crippen LogP contribution in [0.4, 0.5) is 0 Å². The zero-order valence-electron chi connectivity index (χ0n) is 11.2. The fourth-order valence-electron chi connectivity index (χ4n) is 2.55. The Hall–Kier alpha value is -0.570. The highest BCUT2D eigenvalue weighted by molar-refractivity contribution is 5.77. The lowest BCUT2D eigenvalue weighted by atomic mass is 10.0. The van der Waals surface area contributed by atoms with Crippen molar-refractivity contribution in [1.29, 1.82) is 0 Å². The van der Waals surface area contributed by atoms with Crippen LogP contribution in [-0.2, 0) is 4.79 Å². The van der Waals surface area contributed by atoms with Crippen molar-refractivity contribution >= 4 is 5.91 Å². The van der Waals surface area contributed by atoms with E-state index in [0.29, 0.717) is 23.8 Å². The van der Waals surface area contributed by atoms with E-state index < -0.39 is 0 Å². The van der Waals surface area contributed by atoms with E-state index in [9.17, 15) is 4.79 Å².